The Bertz CT molecular complexity index is 1940. The molecule has 6 heterocycles. The van der Waals surface area contributed by atoms with Crippen molar-refractivity contribution in [1.82, 2.24) is 15.1 Å². The average Bonchev–Trinajstić information content (AvgIpc) is 3.96. The number of rotatable bonds is 7. The fourth-order valence-corrected chi connectivity index (χ4v) is 11.3. The first-order valence-electron chi connectivity index (χ1n) is 20.8. The van der Waals surface area contributed by atoms with Crippen LogP contribution in [-0.4, -0.2) is 132 Å². The van der Waals surface area contributed by atoms with E-state index < -0.39 is 89.5 Å². The number of hydrogen-bond acceptors (Lipinski definition) is 15. The van der Waals surface area contributed by atoms with Crippen molar-refractivity contribution in [3.05, 3.63) is 34.5 Å². The van der Waals surface area contributed by atoms with Crippen molar-refractivity contribution in [3.8, 4) is 9.75 Å². The number of aliphatic imine (C=N–C) groups is 1. The van der Waals surface area contributed by atoms with E-state index in [1.54, 1.807) is 64.2 Å². The van der Waals surface area contributed by atoms with Crippen LogP contribution in [0.2, 0.25) is 0 Å². The third-order valence-corrected chi connectivity index (χ3v) is 14.8. The number of fused-ring (bicyclic) bond motifs is 4. The summed E-state index contributed by atoms with van der Waals surface area (Å²) in [5.74, 6) is -5.90. The second-order valence-corrected chi connectivity index (χ2v) is 19.6. The van der Waals surface area contributed by atoms with Gasteiger partial charge in [-0.1, -0.05) is 33.8 Å². The molecule has 2 aromatic rings. The third-order valence-electron chi connectivity index (χ3n) is 12.7. The number of aliphatic hydroxyl groups is 1. The molecular formula is C43H60N4O11S2. The lowest BCUT2D eigenvalue weighted by molar-refractivity contribution is -0.292. The molecule has 6 rings (SSSR count). The Balaban J connectivity index is 1.47. The summed E-state index contributed by atoms with van der Waals surface area (Å²) in [6.45, 7) is 13.3. The second kappa shape index (κ2) is 18.3. The second-order valence-electron chi connectivity index (χ2n) is 17.5. The van der Waals surface area contributed by atoms with Crippen molar-refractivity contribution < 1.29 is 52.8 Å². The van der Waals surface area contributed by atoms with Crippen LogP contribution in [0.15, 0.2) is 34.6 Å². The number of ether oxygens (including phenoxy) is 5. The van der Waals surface area contributed by atoms with Crippen LogP contribution >= 0.6 is 22.7 Å². The highest BCUT2D eigenvalue weighted by atomic mass is 32.1. The Morgan fingerprint density at radius 2 is 1.73 bits per heavy atom. The number of hydrogen-bond donors (Lipinski definition) is 2. The molecule has 0 radical (unpaired) electrons. The summed E-state index contributed by atoms with van der Waals surface area (Å²) in [4.78, 5) is 83.0. The molecule has 0 saturated carbocycles. The molecule has 4 aliphatic rings. The highest BCUT2D eigenvalue weighted by Gasteiger charge is 2.61. The first-order valence-corrected chi connectivity index (χ1v) is 22.5. The van der Waals surface area contributed by atoms with E-state index in [0.717, 1.165) is 14.6 Å². The number of carbonyl (C=O) groups is 5. The number of carbonyl (C=O) groups excluding carboxylic acids is 5. The highest BCUT2D eigenvalue weighted by molar-refractivity contribution is 7.21. The van der Waals surface area contributed by atoms with Gasteiger partial charge < -0.3 is 39.0 Å². The molecule has 4 saturated heterocycles. The standard InChI is InChI=1S/C43H60N4O11S2/c1-11-32-43(8)36-24(4)33(48)22(2)18-42(7,37(25(5)34(49)26(6)38(51)55-32)56-39-35(50)29(46(9)10)17-23(3)54-39)57-40(52)45-19-27(21-47(36)41(53)58-43)44-20-28-14-15-31(60-28)30-13-12-16-59-30/h12-16,22-26,29,32,35-37,39,50H,11,17-21H2,1-10H3,(H,45,52)/t22-,23-,24+,25+,26-,29+,32-,35-,36+,37-,39+,42-,43-/m1/s1. The number of aliphatic hydroxyl groups excluding tert-OH is 1. The van der Waals surface area contributed by atoms with Gasteiger partial charge in [0, 0.05) is 38.4 Å². The Labute approximate surface area is 360 Å². The largest absolute Gasteiger partial charge is 0.458 e. The van der Waals surface area contributed by atoms with Crippen LogP contribution in [0.5, 0.6) is 0 Å². The van der Waals surface area contributed by atoms with Gasteiger partial charge in [0.05, 0.1) is 37.5 Å². The van der Waals surface area contributed by atoms with Crippen LogP contribution in [0.4, 0.5) is 9.59 Å². The van der Waals surface area contributed by atoms with Crippen LogP contribution in [0.25, 0.3) is 9.75 Å². The van der Waals surface area contributed by atoms with Crippen molar-refractivity contribution >= 4 is 58.1 Å². The summed E-state index contributed by atoms with van der Waals surface area (Å²) in [7, 11) is 3.67. The van der Waals surface area contributed by atoms with Gasteiger partial charge in [0.25, 0.3) is 0 Å². The van der Waals surface area contributed by atoms with Gasteiger partial charge in [0.15, 0.2) is 17.7 Å². The lowest BCUT2D eigenvalue weighted by atomic mass is 9.73. The zero-order valence-corrected chi connectivity index (χ0v) is 37.8. The van der Waals surface area contributed by atoms with E-state index in [1.807, 2.05) is 55.6 Å². The summed E-state index contributed by atoms with van der Waals surface area (Å²) >= 11 is 3.22. The van der Waals surface area contributed by atoms with Gasteiger partial charge >= 0.3 is 18.2 Å². The summed E-state index contributed by atoms with van der Waals surface area (Å²) in [5, 5.41) is 16.4. The number of nitrogens with zero attached hydrogens (tertiary/aromatic N) is 3. The van der Waals surface area contributed by atoms with Crippen LogP contribution in [0, 0.1) is 23.7 Å². The molecule has 2 bridgehead atoms. The van der Waals surface area contributed by atoms with Crippen molar-refractivity contribution in [2.24, 2.45) is 28.7 Å². The predicted octanol–water partition coefficient (Wildman–Crippen LogP) is 5.71. The fraction of sp³-hybridized carbons (Fsp3) is 0.674. The van der Waals surface area contributed by atoms with Gasteiger partial charge in [-0.15, -0.1) is 22.7 Å². The normalized spacial score (nSPS) is 37.9. The van der Waals surface area contributed by atoms with Crippen LogP contribution in [0.1, 0.15) is 79.5 Å². The summed E-state index contributed by atoms with van der Waals surface area (Å²) in [6.07, 6.45) is -6.20. The van der Waals surface area contributed by atoms with Gasteiger partial charge in [-0.2, -0.15) is 0 Å². The van der Waals surface area contributed by atoms with Crippen LogP contribution in [-0.2, 0) is 44.6 Å². The minimum absolute atomic E-state index is 0.115. The molecule has 0 aliphatic carbocycles. The topological polar surface area (TPSA) is 183 Å². The van der Waals surface area contributed by atoms with Crippen molar-refractivity contribution in [3.63, 3.8) is 0 Å². The Morgan fingerprint density at radius 3 is 2.40 bits per heavy atom. The van der Waals surface area contributed by atoms with Gasteiger partial charge in [-0.3, -0.25) is 24.3 Å². The minimum Gasteiger partial charge on any atom is -0.458 e. The van der Waals surface area contributed by atoms with E-state index in [4.69, 9.17) is 28.7 Å². The molecule has 15 nitrogen and oxygen atoms in total. The van der Waals surface area contributed by atoms with Crippen molar-refractivity contribution in [1.29, 1.82) is 0 Å². The van der Waals surface area contributed by atoms with Crippen LogP contribution in [0.3, 0.4) is 0 Å². The Kier molecular flexibility index (Phi) is 14.0. The van der Waals surface area contributed by atoms with Gasteiger partial charge in [0.1, 0.15) is 35.6 Å². The minimum atomic E-state index is -1.73. The lowest BCUT2D eigenvalue weighted by Gasteiger charge is -2.47. The maximum absolute atomic E-state index is 14.8. The van der Waals surface area contributed by atoms with Gasteiger partial charge in [0.2, 0.25) is 0 Å². The van der Waals surface area contributed by atoms with Gasteiger partial charge in [-0.05, 0) is 84.6 Å². The summed E-state index contributed by atoms with van der Waals surface area (Å²) in [6, 6.07) is 6.73. The van der Waals surface area contributed by atoms with Crippen LogP contribution < -0.4 is 5.32 Å². The predicted molar refractivity (Wildman–Crippen MR) is 226 cm³/mol. The number of alkyl carbamates (subject to hydrolysis) is 1. The number of likely N-dealkylation sites (N-methyl/N-ethyl adjacent to an activating group) is 1. The number of cyclic esters (lactones) is 1. The molecule has 2 N–H and O–H groups in total. The molecule has 4 aliphatic heterocycles. The Morgan fingerprint density at radius 1 is 1.00 bits per heavy atom. The zero-order chi connectivity index (χ0) is 43.8. The molecule has 0 unspecified atom stereocenters. The van der Waals surface area contributed by atoms with E-state index >= 15 is 0 Å². The maximum atomic E-state index is 14.8. The SMILES string of the molecule is CC[C@H]1OC(=O)[C@H](C)C(=O)[C@H](C)[C@@H](O[C@@H]2O[C@H](C)C[C@H](N(C)C)[C@H]2O)[C@@]2(C)C[C@@H](C)C(=O)[C@H](C)[C@@H]3N(CC(=NCc4ccc(-c5cccs5)s4)CNC(=O)O2)C(=O)O[C@@]31C. The molecule has 330 valence electrons. The lowest BCUT2D eigenvalue weighted by Crippen LogP contribution is -2.60. The smallest absolute Gasteiger partial charge is 0.411 e. The molecule has 0 spiro atoms. The molecule has 2 amide bonds. The summed E-state index contributed by atoms with van der Waals surface area (Å²) in [5.41, 5.74) is -2.84. The van der Waals surface area contributed by atoms with Gasteiger partial charge in [-0.25, -0.2) is 9.59 Å². The number of amides is 2. The van der Waals surface area contributed by atoms with E-state index in [2.05, 4.69) is 5.32 Å². The molecule has 17 heteroatoms. The zero-order valence-electron chi connectivity index (χ0n) is 36.2. The van der Waals surface area contributed by atoms with E-state index in [9.17, 15) is 29.1 Å². The monoisotopic (exact) mass is 872 g/mol. The molecular weight excluding hydrogens is 813 g/mol. The summed E-state index contributed by atoms with van der Waals surface area (Å²) < 4.78 is 31.4. The quantitative estimate of drug-likeness (QED) is 0.197. The highest BCUT2D eigenvalue weighted by Crippen LogP contribution is 2.43. The van der Waals surface area contributed by atoms with Crippen molar-refractivity contribution in [2.75, 3.05) is 27.2 Å². The molecule has 60 heavy (non-hydrogen) atoms. The maximum Gasteiger partial charge on any atom is 0.411 e. The molecule has 4 fully saturated rings. The molecule has 0 aromatic carbocycles. The Hall–Kier alpha value is -3.74. The third kappa shape index (κ3) is 9.21. The number of nitrogens with one attached hydrogen (secondary N) is 1. The first-order chi connectivity index (χ1) is 28.3. The number of thiophene rings is 2. The van der Waals surface area contributed by atoms with Crippen molar-refractivity contribution in [2.45, 2.75) is 135 Å². The number of ketones is 2. The molecule has 2 aromatic heterocycles. The first kappa shape index (κ1) is 45.8. The van der Waals surface area contributed by atoms with E-state index in [-0.39, 0.29) is 50.4 Å². The number of Topliss-reactive ketones (excluding diaryl/α,β-unsaturated/α-hetero) is 2. The number of esters is 1. The fourth-order valence-electron chi connectivity index (χ4n) is 9.53. The molecule has 13 atom stereocenters. The van der Waals surface area contributed by atoms with E-state index in [1.165, 1.54) is 11.8 Å². The average molecular weight is 873 g/mol. The van der Waals surface area contributed by atoms with E-state index in [0.29, 0.717) is 12.1 Å².